The Labute approximate surface area is 137 Å². The van der Waals surface area contributed by atoms with Crippen molar-refractivity contribution in [2.45, 2.75) is 69.5 Å². The number of nitrogens with two attached hydrogens (primary N) is 1. The van der Waals surface area contributed by atoms with Gasteiger partial charge in [0.15, 0.2) is 0 Å². The second-order valence-corrected chi connectivity index (χ2v) is 7.35. The molecule has 3 aliphatic rings. The minimum absolute atomic E-state index is 0.0358. The zero-order valence-electron chi connectivity index (χ0n) is 14.3. The molecule has 1 spiro atoms. The molecular weight excluding hydrogens is 298 g/mol. The SMILES string of the molecule is CO[C@@H]1[C@H](OC(N)=O)CCC2(CO2)[C@H]1[C@@]1(C)OC1CC=C(C)C. The molecular formula is C17H27NO5. The van der Waals surface area contributed by atoms with E-state index in [1.165, 1.54) is 5.57 Å². The van der Waals surface area contributed by atoms with Crippen molar-refractivity contribution in [2.75, 3.05) is 13.7 Å². The predicted molar refractivity (Wildman–Crippen MR) is 84.0 cm³/mol. The van der Waals surface area contributed by atoms with Crippen molar-refractivity contribution < 1.29 is 23.7 Å². The maximum absolute atomic E-state index is 11.2. The molecule has 6 atom stereocenters. The highest BCUT2D eigenvalue weighted by Crippen LogP contribution is 2.59. The molecule has 2 saturated heterocycles. The molecule has 1 aliphatic carbocycles. The average molecular weight is 325 g/mol. The maximum atomic E-state index is 11.2. The van der Waals surface area contributed by atoms with Crippen molar-refractivity contribution in [1.82, 2.24) is 0 Å². The van der Waals surface area contributed by atoms with Gasteiger partial charge in [0.1, 0.15) is 23.4 Å². The Kier molecular flexibility index (Phi) is 4.19. The first-order valence-corrected chi connectivity index (χ1v) is 8.26. The van der Waals surface area contributed by atoms with Crippen LogP contribution < -0.4 is 5.73 Å². The molecule has 1 saturated carbocycles. The fourth-order valence-corrected chi connectivity index (χ4v) is 4.22. The first-order chi connectivity index (χ1) is 10.8. The topological polar surface area (TPSA) is 86.6 Å². The smallest absolute Gasteiger partial charge is 0.404 e. The van der Waals surface area contributed by atoms with E-state index < -0.39 is 6.09 Å². The van der Waals surface area contributed by atoms with Crippen molar-refractivity contribution >= 4 is 6.09 Å². The highest BCUT2D eigenvalue weighted by molar-refractivity contribution is 5.64. The Morgan fingerprint density at radius 3 is 2.65 bits per heavy atom. The van der Waals surface area contributed by atoms with E-state index in [4.69, 9.17) is 24.7 Å². The standard InChI is InChI=1S/C17H27NO5/c1-10(2)5-6-12-16(3,23-12)14-13(20-4)11(22-15(18)19)7-8-17(14)9-21-17/h5,11-14H,6-9H2,1-4H3,(H2,18,19)/t11-,12?,13-,14-,16+,17?/m1/s1. The lowest BCUT2D eigenvalue weighted by atomic mass is 9.68. The van der Waals surface area contributed by atoms with Crippen molar-refractivity contribution in [2.24, 2.45) is 11.7 Å². The summed E-state index contributed by atoms with van der Waals surface area (Å²) in [5.74, 6) is 0.0358. The molecule has 2 heterocycles. The number of methoxy groups -OCH3 is 1. The summed E-state index contributed by atoms with van der Waals surface area (Å²) in [7, 11) is 1.65. The fraction of sp³-hybridized carbons (Fsp3) is 0.824. The predicted octanol–water partition coefficient (Wildman–Crippen LogP) is 2.16. The summed E-state index contributed by atoms with van der Waals surface area (Å²) in [6.07, 6.45) is 3.39. The van der Waals surface area contributed by atoms with Crippen LogP contribution in [0.5, 0.6) is 0 Å². The van der Waals surface area contributed by atoms with Crippen molar-refractivity contribution in [3.05, 3.63) is 11.6 Å². The van der Waals surface area contributed by atoms with Crippen LogP contribution in [0.15, 0.2) is 11.6 Å². The molecule has 23 heavy (non-hydrogen) atoms. The van der Waals surface area contributed by atoms with E-state index in [2.05, 4.69) is 26.8 Å². The largest absolute Gasteiger partial charge is 0.444 e. The molecule has 0 aromatic carbocycles. The first kappa shape index (κ1) is 16.7. The van der Waals surface area contributed by atoms with Gasteiger partial charge in [-0.2, -0.15) is 0 Å². The van der Waals surface area contributed by atoms with Gasteiger partial charge in [0, 0.05) is 7.11 Å². The lowest BCUT2D eigenvalue weighted by Crippen LogP contribution is -2.55. The van der Waals surface area contributed by atoms with Gasteiger partial charge in [0.25, 0.3) is 0 Å². The summed E-state index contributed by atoms with van der Waals surface area (Å²) in [6.45, 7) is 7.00. The molecule has 0 bridgehead atoms. The van der Waals surface area contributed by atoms with Gasteiger partial charge in [0.2, 0.25) is 0 Å². The first-order valence-electron chi connectivity index (χ1n) is 8.26. The van der Waals surface area contributed by atoms with Gasteiger partial charge in [-0.25, -0.2) is 4.79 Å². The molecule has 3 rings (SSSR count). The van der Waals surface area contributed by atoms with Gasteiger partial charge in [-0.15, -0.1) is 0 Å². The Morgan fingerprint density at radius 2 is 2.13 bits per heavy atom. The molecule has 130 valence electrons. The van der Waals surface area contributed by atoms with Gasteiger partial charge >= 0.3 is 6.09 Å². The van der Waals surface area contributed by atoms with Crippen LogP contribution in [0, 0.1) is 5.92 Å². The molecule has 2 unspecified atom stereocenters. The average Bonchev–Trinajstić information content (AvgIpc) is 3.37. The van der Waals surface area contributed by atoms with E-state index in [1.807, 2.05) is 0 Å². The van der Waals surface area contributed by atoms with E-state index in [9.17, 15) is 4.79 Å². The van der Waals surface area contributed by atoms with Gasteiger partial charge < -0.3 is 24.7 Å². The molecule has 6 heteroatoms. The molecule has 3 fully saturated rings. The second-order valence-electron chi connectivity index (χ2n) is 7.35. The number of primary amides is 1. The van der Waals surface area contributed by atoms with E-state index in [-0.39, 0.29) is 35.4 Å². The Balaban J connectivity index is 1.79. The maximum Gasteiger partial charge on any atom is 0.404 e. The van der Waals surface area contributed by atoms with Gasteiger partial charge in [-0.05, 0) is 40.0 Å². The molecule has 0 aromatic heterocycles. The second kappa shape index (κ2) is 5.76. The molecule has 1 amide bonds. The van der Waals surface area contributed by atoms with Crippen LogP contribution >= 0.6 is 0 Å². The number of hydrogen-bond acceptors (Lipinski definition) is 5. The highest BCUT2D eigenvalue weighted by atomic mass is 16.6. The van der Waals surface area contributed by atoms with Crippen molar-refractivity contribution in [1.29, 1.82) is 0 Å². The van der Waals surface area contributed by atoms with Crippen molar-refractivity contribution in [3.63, 3.8) is 0 Å². The van der Waals surface area contributed by atoms with Gasteiger partial charge in [0.05, 0.1) is 18.6 Å². The van der Waals surface area contributed by atoms with E-state index in [0.29, 0.717) is 6.42 Å². The van der Waals surface area contributed by atoms with Crippen LogP contribution in [-0.4, -0.2) is 49.3 Å². The van der Waals surface area contributed by atoms with Crippen LogP contribution in [0.1, 0.15) is 40.0 Å². The molecule has 0 aromatic rings. The number of hydrogen-bond donors (Lipinski definition) is 1. The molecule has 0 radical (unpaired) electrons. The Morgan fingerprint density at radius 1 is 1.43 bits per heavy atom. The van der Waals surface area contributed by atoms with E-state index in [1.54, 1.807) is 7.11 Å². The fourth-order valence-electron chi connectivity index (χ4n) is 4.22. The summed E-state index contributed by atoms with van der Waals surface area (Å²) in [5, 5.41) is 0. The lowest BCUT2D eigenvalue weighted by Gasteiger charge is -2.42. The monoisotopic (exact) mass is 325 g/mol. The molecule has 6 nitrogen and oxygen atoms in total. The number of carbonyl (C=O) groups is 1. The Bertz CT molecular complexity index is 511. The lowest BCUT2D eigenvalue weighted by molar-refractivity contribution is -0.117. The summed E-state index contributed by atoms with van der Waals surface area (Å²) in [6, 6.07) is 0. The molecule has 2 N–H and O–H groups in total. The van der Waals surface area contributed by atoms with Crippen LogP contribution in [0.4, 0.5) is 4.79 Å². The highest BCUT2D eigenvalue weighted by Gasteiger charge is 2.72. The zero-order chi connectivity index (χ0) is 16.8. The summed E-state index contributed by atoms with van der Waals surface area (Å²) < 4.78 is 22.9. The third kappa shape index (κ3) is 2.99. The van der Waals surface area contributed by atoms with Gasteiger partial charge in [-0.3, -0.25) is 0 Å². The number of amides is 1. The summed E-state index contributed by atoms with van der Waals surface area (Å²) >= 11 is 0. The van der Waals surface area contributed by atoms with E-state index >= 15 is 0 Å². The van der Waals surface area contributed by atoms with Crippen LogP contribution in [-0.2, 0) is 18.9 Å². The summed E-state index contributed by atoms with van der Waals surface area (Å²) in [4.78, 5) is 11.2. The van der Waals surface area contributed by atoms with Crippen LogP contribution in [0.2, 0.25) is 0 Å². The number of ether oxygens (including phenoxy) is 4. The van der Waals surface area contributed by atoms with Crippen molar-refractivity contribution in [3.8, 4) is 0 Å². The number of carbonyl (C=O) groups excluding carboxylic acids is 1. The third-order valence-corrected chi connectivity index (χ3v) is 5.50. The van der Waals surface area contributed by atoms with Gasteiger partial charge in [-0.1, -0.05) is 11.6 Å². The number of rotatable bonds is 5. The summed E-state index contributed by atoms with van der Waals surface area (Å²) in [5.41, 5.74) is 5.98. The minimum Gasteiger partial charge on any atom is -0.444 e. The van der Waals surface area contributed by atoms with Crippen LogP contribution in [0.3, 0.4) is 0 Å². The quantitative estimate of drug-likeness (QED) is 0.618. The third-order valence-electron chi connectivity index (χ3n) is 5.50. The molecule has 2 aliphatic heterocycles. The Hall–Kier alpha value is -1.11. The normalized spacial score (nSPS) is 44.7. The zero-order valence-corrected chi connectivity index (χ0v) is 14.3. The minimum atomic E-state index is -0.758. The number of allylic oxidation sites excluding steroid dienone is 1. The van der Waals surface area contributed by atoms with E-state index in [0.717, 1.165) is 19.4 Å². The number of epoxide rings is 2. The van der Waals surface area contributed by atoms with Crippen LogP contribution in [0.25, 0.3) is 0 Å².